The molecular weight excluding hydrogens is 198 g/mol. The summed E-state index contributed by atoms with van der Waals surface area (Å²) >= 11 is 0. The Hall–Kier alpha value is -0.860. The first-order valence-corrected chi connectivity index (χ1v) is 6.20. The van der Waals surface area contributed by atoms with Gasteiger partial charge in [0.25, 0.3) is 0 Å². The predicted molar refractivity (Wildman–Crippen MR) is 64.1 cm³/mol. The molecule has 1 atom stereocenters. The van der Waals surface area contributed by atoms with E-state index in [0.29, 0.717) is 12.0 Å². The number of benzene rings is 1. The highest BCUT2D eigenvalue weighted by molar-refractivity contribution is 5.20. The first-order valence-electron chi connectivity index (χ1n) is 6.20. The van der Waals surface area contributed by atoms with Crippen molar-refractivity contribution in [1.82, 2.24) is 4.90 Å². The molecule has 1 saturated carbocycles. The summed E-state index contributed by atoms with van der Waals surface area (Å²) in [4.78, 5) is 2.37. The van der Waals surface area contributed by atoms with Crippen LogP contribution in [0.4, 0.5) is 0 Å². The van der Waals surface area contributed by atoms with Crippen molar-refractivity contribution in [2.75, 3.05) is 13.1 Å². The number of hydrogen-bond acceptors (Lipinski definition) is 2. The van der Waals surface area contributed by atoms with E-state index < -0.39 is 0 Å². The maximum atomic E-state index is 10.3. The van der Waals surface area contributed by atoms with E-state index in [9.17, 15) is 5.11 Å². The highest BCUT2D eigenvalue weighted by atomic mass is 16.3. The lowest BCUT2D eigenvalue weighted by Gasteiger charge is -2.50. The molecule has 1 aliphatic carbocycles. The zero-order valence-electron chi connectivity index (χ0n) is 9.76. The molecule has 0 unspecified atom stereocenters. The Kier molecular flexibility index (Phi) is 2.30. The Labute approximate surface area is 96.9 Å². The van der Waals surface area contributed by atoms with Gasteiger partial charge in [0.2, 0.25) is 0 Å². The van der Waals surface area contributed by atoms with Crippen molar-refractivity contribution in [2.24, 2.45) is 5.92 Å². The van der Waals surface area contributed by atoms with Crippen LogP contribution in [0, 0.1) is 5.92 Å². The smallest absolute Gasteiger partial charge is 0.0928 e. The van der Waals surface area contributed by atoms with E-state index in [0.717, 1.165) is 13.1 Å². The van der Waals surface area contributed by atoms with Gasteiger partial charge in [0, 0.05) is 19.1 Å². The minimum Gasteiger partial charge on any atom is -0.387 e. The Morgan fingerprint density at radius 2 is 1.88 bits per heavy atom. The molecule has 0 amide bonds. The molecule has 2 fully saturated rings. The largest absolute Gasteiger partial charge is 0.387 e. The molecule has 3 rings (SSSR count). The number of likely N-dealkylation sites (tertiary alicyclic amines) is 1. The second kappa shape index (κ2) is 3.57. The molecule has 16 heavy (non-hydrogen) atoms. The molecule has 0 spiro atoms. The van der Waals surface area contributed by atoms with Crippen molar-refractivity contribution in [2.45, 2.75) is 31.4 Å². The first-order chi connectivity index (χ1) is 7.69. The quantitative estimate of drug-likeness (QED) is 0.839. The Bertz CT molecular complexity index is 366. The van der Waals surface area contributed by atoms with Crippen molar-refractivity contribution < 1.29 is 5.11 Å². The highest BCUT2D eigenvalue weighted by Gasteiger charge is 2.52. The Morgan fingerprint density at radius 1 is 1.25 bits per heavy atom. The molecule has 1 heterocycles. The summed E-state index contributed by atoms with van der Waals surface area (Å²) in [6.45, 7) is 3.93. The van der Waals surface area contributed by atoms with Crippen LogP contribution in [-0.2, 0) is 0 Å². The van der Waals surface area contributed by atoms with Crippen LogP contribution in [0.1, 0.15) is 31.4 Å². The summed E-state index contributed by atoms with van der Waals surface area (Å²) < 4.78 is 0. The zero-order chi connectivity index (χ0) is 11.2. The highest BCUT2D eigenvalue weighted by Crippen LogP contribution is 2.46. The summed E-state index contributed by atoms with van der Waals surface area (Å²) in [6.07, 6.45) is 2.45. The van der Waals surface area contributed by atoms with E-state index in [-0.39, 0.29) is 5.60 Å². The lowest BCUT2D eigenvalue weighted by atomic mass is 9.86. The minimum atomic E-state index is -0.358. The van der Waals surface area contributed by atoms with Gasteiger partial charge in [-0.05, 0) is 31.2 Å². The third-order valence-corrected chi connectivity index (χ3v) is 4.12. The fourth-order valence-electron chi connectivity index (χ4n) is 2.75. The molecule has 0 radical (unpaired) electrons. The second-order valence-corrected chi connectivity index (χ2v) is 5.37. The summed E-state index contributed by atoms with van der Waals surface area (Å²) in [5, 5.41) is 10.3. The number of aliphatic hydroxyl groups is 1. The molecule has 0 aromatic heterocycles. The Balaban J connectivity index is 1.64. The summed E-state index contributed by atoms with van der Waals surface area (Å²) in [7, 11) is 0. The van der Waals surface area contributed by atoms with Gasteiger partial charge in [0.1, 0.15) is 0 Å². The number of β-amino-alcohol motifs (C(OH)–C–C–N with tert-alkyl or cyclic N) is 1. The van der Waals surface area contributed by atoms with Crippen LogP contribution < -0.4 is 0 Å². The summed E-state index contributed by atoms with van der Waals surface area (Å²) in [5.74, 6) is 0.590. The monoisotopic (exact) mass is 217 g/mol. The number of rotatable bonds is 3. The molecule has 1 saturated heterocycles. The molecule has 2 nitrogen and oxygen atoms in total. The molecule has 1 N–H and O–H groups in total. The maximum Gasteiger partial charge on any atom is 0.0928 e. The van der Waals surface area contributed by atoms with E-state index >= 15 is 0 Å². The normalized spacial score (nSPS) is 26.1. The lowest BCUT2D eigenvalue weighted by Crippen LogP contribution is -2.63. The molecule has 2 heteroatoms. The third-order valence-electron chi connectivity index (χ3n) is 4.12. The standard InChI is InChI=1S/C14H19NO/c1-11(12-5-3-2-4-6-12)15-9-14(16,10-15)13-7-8-13/h2-6,11,13,16H,7-10H2,1H3/t11-/m1/s1. The molecular formula is C14H19NO. The molecule has 1 aromatic rings. The Morgan fingerprint density at radius 3 is 2.44 bits per heavy atom. The van der Waals surface area contributed by atoms with Gasteiger partial charge in [-0.15, -0.1) is 0 Å². The molecule has 86 valence electrons. The molecule has 0 bridgehead atoms. The van der Waals surface area contributed by atoms with E-state index in [4.69, 9.17) is 0 Å². The number of hydrogen-bond donors (Lipinski definition) is 1. The minimum absolute atomic E-state index is 0.358. The van der Waals surface area contributed by atoms with Gasteiger partial charge in [0.15, 0.2) is 0 Å². The van der Waals surface area contributed by atoms with Gasteiger partial charge in [-0.1, -0.05) is 30.3 Å². The van der Waals surface area contributed by atoms with E-state index in [2.05, 4.69) is 36.1 Å². The van der Waals surface area contributed by atoms with E-state index in [1.54, 1.807) is 0 Å². The predicted octanol–water partition coefficient (Wildman–Crippen LogP) is 2.20. The summed E-state index contributed by atoms with van der Waals surface area (Å²) in [6, 6.07) is 11.0. The van der Waals surface area contributed by atoms with Crippen LogP contribution in [0.3, 0.4) is 0 Å². The number of nitrogens with zero attached hydrogens (tertiary/aromatic N) is 1. The molecule has 2 aliphatic rings. The third kappa shape index (κ3) is 1.66. The van der Waals surface area contributed by atoms with Crippen LogP contribution in [0.15, 0.2) is 30.3 Å². The van der Waals surface area contributed by atoms with Gasteiger partial charge in [0.05, 0.1) is 5.60 Å². The first kappa shape index (κ1) is 10.3. The SMILES string of the molecule is C[C@H](c1ccccc1)N1CC(O)(C2CC2)C1. The van der Waals surface area contributed by atoms with Gasteiger partial charge in [-0.25, -0.2) is 0 Å². The lowest BCUT2D eigenvalue weighted by molar-refractivity contribution is -0.127. The van der Waals surface area contributed by atoms with Crippen molar-refractivity contribution in [1.29, 1.82) is 0 Å². The average Bonchev–Trinajstić information content (AvgIpc) is 3.09. The van der Waals surface area contributed by atoms with Crippen LogP contribution in [0.2, 0.25) is 0 Å². The molecule has 1 aromatic carbocycles. The molecule has 1 aliphatic heterocycles. The van der Waals surface area contributed by atoms with Crippen molar-refractivity contribution >= 4 is 0 Å². The maximum absolute atomic E-state index is 10.3. The summed E-state index contributed by atoms with van der Waals surface area (Å²) in [5.41, 5.74) is 0.989. The van der Waals surface area contributed by atoms with Gasteiger partial charge in [-0.2, -0.15) is 0 Å². The second-order valence-electron chi connectivity index (χ2n) is 5.37. The topological polar surface area (TPSA) is 23.5 Å². The fraction of sp³-hybridized carbons (Fsp3) is 0.571. The zero-order valence-corrected chi connectivity index (χ0v) is 9.76. The van der Waals surface area contributed by atoms with Crippen LogP contribution in [-0.4, -0.2) is 28.7 Å². The van der Waals surface area contributed by atoms with Crippen LogP contribution in [0.5, 0.6) is 0 Å². The van der Waals surface area contributed by atoms with Gasteiger partial charge < -0.3 is 5.11 Å². The van der Waals surface area contributed by atoms with Crippen molar-refractivity contribution in [3.8, 4) is 0 Å². The van der Waals surface area contributed by atoms with E-state index in [1.165, 1.54) is 18.4 Å². The van der Waals surface area contributed by atoms with Gasteiger partial charge >= 0.3 is 0 Å². The van der Waals surface area contributed by atoms with Gasteiger partial charge in [-0.3, -0.25) is 4.90 Å². The average molecular weight is 217 g/mol. The van der Waals surface area contributed by atoms with Crippen molar-refractivity contribution in [3.63, 3.8) is 0 Å². The fourth-order valence-corrected chi connectivity index (χ4v) is 2.75. The van der Waals surface area contributed by atoms with E-state index in [1.807, 2.05) is 6.07 Å². The van der Waals surface area contributed by atoms with Crippen LogP contribution >= 0.6 is 0 Å². The van der Waals surface area contributed by atoms with Crippen molar-refractivity contribution in [3.05, 3.63) is 35.9 Å². The van der Waals surface area contributed by atoms with Crippen LogP contribution in [0.25, 0.3) is 0 Å².